The predicted octanol–water partition coefficient (Wildman–Crippen LogP) is 4.64. The molecule has 1 fully saturated rings. The summed E-state index contributed by atoms with van der Waals surface area (Å²) in [5, 5.41) is 2.99. The van der Waals surface area contributed by atoms with Gasteiger partial charge in [-0.3, -0.25) is 9.69 Å². The van der Waals surface area contributed by atoms with Crippen molar-refractivity contribution >= 4 is 5.91 Å². The standard InChI is InChI=1S/C25H34N2O3/c1-18(2)30-23-12-9-21(14-24(23)29-4)15-26-25(28)22-10-7-20(8-11-22)17-27-13-5-6-19(3)16-27/h7-12,14,18-19H,5-6,13,15-17H2,1-4H3,(H,26,28)/t19-/m1/s1. The van der Waals surface area contributed by atoms with Gasteiger partial charge in [-0.2, -0.15) is 0 Å². The molecule has 0 bridgehead atoms. The molecule has 0 radical (unpaired) electrons. The maximum Gasteiger partial charge on any atom is 0.251 e. The number of carbonyl (C=O) groups is 1. The van der Waals surface area contributed by atoms with Gasteiger partial charge in [-0.25, -0.2) is 0 Å². The van der Waals surface area contributed by atoms with Crippen LogP contribution in [0, 0.1) is 5.92 Å². The second kappa shape index (κ2) is 10.5. The Morgan fingerprint density at radius 2 is 1.87 bits per heavy atom. The van der Waals surface area contributed by atoms with E-state index in [1.165, 1.54) is 18.4 Å². The summed E-state index contributed by atoms with van der Waals surface area (Å²) < 4.78 is 11.2. The van der Waals surface area contributed by atoms with Gasteiger partial charge in [0.2, 0.25) is 0 Å². The molecule has 0 aromatic heterocycles. The van der Waals surface area contributed by atoms with Crippen molar-refractivity contribution in [3.05, 3.63) is 59.2 Å². The van der Waals surface area contributed by atoms with Gasteiger partial charge in [0.15, 0.2) is 11.5 Å². The first-order valence-corrected chi connectivity index (χ1v) is 10.9. The van der Waals surface area contributed by atoms with Crippen molar-refractivity contribution in [3.63, 3.8) is 0 Å². The summed E-state index contributed by atoms with van der Waals surface area (Å²) in [7, 11) is 1.62. The smallest absolute Gasteiger partial charge is 0.251 e. The number of carbonyl (C=O) groups excluding carboxylic acids is 1. The quantitative estimate of drug-likeness (QED) is 0.689. The number of amides is 1. The van der Waals surface area contributed by atoms with Crippen molar-refractivity contribution in [1.82, 2.24) is 10.2 Å². The molecule has 0 unspecified atom stereocenters. The zero-order valence-electron chi connectivity index (χ0n) is 18.6. The number of nitrogens with zero attached hydrogens (tertiary/aromatic N) is 1. The lowest BCUT2D eigenvalue weighted by atomic mass is 9.99. The highest BCUT2D eigenvalue weighted by Gasteiger charge is 2.16. The second-order valence-electron chi connectivity index (χ2n) is 8.51. The maximum atomic E-state index is 12.6. The van der Waals surface area contributed by atoms with Gasteiger partial charge < -0.3 is 14.8 Å². The minimum atomic E-state index is -0.0744. The Kier molecular flexibility index (Phi) is 7.75. The topological polar surface area (TPSA) is 50.8 Å². The highest BCUT2D eigenvalue weighted by atomic mass is 16.5. The maximum absolute atomic E-state index is 12.6. The summed E-state index contributed by atoms with van der Waals surface area (Å²) in [6.45, 7) is 9.99. The SMILES string of the molecule is COc1cc(CNC(=O)c2ccc(CN3CCC[C@@H](C)C3)cc2)ccc1OC(C)C. The number of hydrogen-bond donors (Lipinski definition) is 1. The summed E-state index contributed by atoms with van der Waals surface area (Å²) in [6, 6.07) is 13.7. The molecule has 0 spiro atoms. The molecule has 1 amide bonds. The Labute approximate surface area is 180 Å². The van der Waals surface area contributed by atoms with Crippen LogP contribution in [0.4, 0.5) is 0 Å². The van der Waals surface area contributed by atoms with Crippen LogP contribution >= 0.6 is 0 Å². The first kappa shape index (κ1) is 22.2. The zero-order valence-corrected chi connectivity index (χ0v) is 18.6. The molecule has 3 rings (SSSR count). The third kappa shape index (κ3) is 6.23. The van der Waals surface area contributed by atoms with E-state index < -0.39 is 0 Å². The first-order valence-electron chi connectivity index (χ1n) is 10.9. The van der Waals surface area contributed by atoms with Crippen molar-refractivity contribution in [2.75, 3.05) is 20.2 Å². The molecular formula is C25H34N2O3. The molecule has 1 aliphatic rings. The van der Waals surface area contributed by atoms with Crippen molar-refractivity contribution in [3.8, 4) is 11.5 Å². The number of methoxy groups -OCH3 is 1. The van der Waals surface area contributed by atoms with E-state index in [0.29, 0.717) is 23.6 Å². The van der Waals surface area contributed by atoms with Crippen LogP contribution in [0.15, 0.2) is 42.5 Å². The number of likely N-dealkylation sites (tertiary alicyclic amines) is 1. The molecular weight excluding hydrogens is 376 g/mol. The third-order valence-corrected chi connectivity index (χ3v) is 5.41. The normalized spacial score (nSPS) is 17.0. The lowest BCUT2D eigenvalue weighted by Crippen LogP contribution is -2.33. The Bertz CT molecular complexity index is 833. The summed E-state index contributed by atoms with van der Waals surface area (Å²) in [6.07, 6.45) is 2.68. The molecule has 2 aromatic rings. The van der Waals surface area contributed by atoms with Gasteiger partial charge >= 0.3 is 0 Å². The fourth-order valence-electron chi connectivity index (χ4n) is 3.91. The highest BCUT2D eigenvalue weighted by Crippen LogP contribution is 2.29. The van der Waals surface area contributed by atoms with E-state index in [-0.39, 0.29) is 12.0 Å². The molecule has 1 N–H and O–H groups in total. The minimum Gasteiger partial charge on any atom is -0.493 e. The van der Waals surface area contributed by atoms with Gasteiger partial charge in [0.25, 0.3) is 5.91 Å². The van der Waals surface area contributed by atoms with Crippen LogP contribution in [0.3, 0.4) is 0 Å². The molecule has 1 aliphatic heterocycles. The van der Waals surface area contributed by atoms with Crippen LogP contribution in [-0.4, -0.2) is 37.1 Å². The third-order valence-electron chi connectivity index (χ3n) is 5.41. The van der Waals surface area contributed by atoms with Crippen LogP contribution in [0.5, 0.6) is 11.5 Å². The van der Waals surface area contributed by atoms with Gasteiger partial charge in [0.1, 0.15) is 0 Å². The summed E-state index contributed by atoms with van der Waals surface area (Å²) in [5.74, 6) is 2.08. The first-order chi connectivity index (χ1) is 14.4. The van der Waals surface area contributed by atoms with E-state index in [0.717, 1.165) is 31.1 Å². The van der Waals surface area contributed by atoms with Gasteiger partial charge in [-0.1, -0.05) is 25.1 Å². The average molecular weight is 411 g/mol. The van der Waals surface area contributed by atoms with Crippen LogP contribution in [0.1, 0.15) is 55.1 Å². The molecule has 1 atom stereocenters. The van der Waals surface area contributed by atoms with Gasteiger partial charge in [-0.15, -0.1) is 0 Å². The second-order valence-corrected chi connectivity index (χ2v) is 8.51. The van der Waals surface area contributed by atoms with Gasteiger partial charge in [0, 0.05) is 25.2 Å². The Balaban J connectivity index is 1.54. The van der Waals surface area contributed by atoms with Crippen LogP contribution in [0.2, 0.25) is 0 Å². The number of piperidine rings is 1. The number of ether oxygens (including phenoxy) is 2. The van der Waals surface area contributed by atoms with Crippen LogP contribution < -0.4 is 14.8 Å². The van der Waals surface area contributed by atoms with E-state index >= 15 is 0 Å². The van der Waals surface area contributed by atoms with E-state index in [4.69, 9.17) is 9.47 Å². The molecule has 1 saturated heterocycles. The van der Waals surface area contributed by atoms with E-state index in [9.17, 15) is 4.79 Å². The summed E-state index contributed by atoms with van der Waals surface area (Å²) in [5.41, 5.74) is 2.90. The monoisotopic (exact) mass is 410 g/mol. The molecule has 2 aromatic carbocycles. The van der Waals surface area contributed by atoms with Gasteiger partial charge in [-0.05, 0) is 74.5 Å². The van der Waals surface area contributed by atoms with Crippen LogP contribution in [0.25, 0.3) is 0 Å². The predicted molar refractivity (Wildman–Crippen MR) is 120 cm³/mol. The Hall–Kier alpha value is -2.53. The molecule has 162 valence electrons. The van der Waals surface area contributed by atoms with Crippen molar-refractivity contribution in [2.45, 2.75) is 52.8 Å². The lowest BCUT2D eigenvalue weighted by molar-refractivity contribution is 0.0951. The average Bonchev–Trinajstić information content (AvgIpc) is 2.73. The number of rotatable bonds is 8. The van der Waals surface area contributed by atoms with Crippen molar-refractivity contribution < 1.29 is 14.3 Å². The molecule has 5 nitrogen and oxygen atoms in total. The fourth-order valence-corrected chi connectivity index (χ4v) is 3.91. The Morgan fingerprint density at radius 1 is 1.13 bits per heavy atom. The van der Waals surface area contributed by atoms with Crippen molar-refractivity contribution in [1.29, 1.82) is 0 Å². The molecule has 5 heteroatoms. The number of benzene rings is 2. The van der Waals surface area contributed by atoms with E-state index in [1.54, 1.807) is 7.11 Å². The molecule has 0 aliphatic carbocycles. The summed E-state index contributed by atoms with van der Waals surface area (Å²) in [4.78, 5) is 15.1. The van der Waals surface area contributed by atoms with Crippen LogP contribution in [-0.2, 0) is 13.1 Å². The molecule has 30 heavy (non-hydrogen) atoms. The number of nitrogens with one attached hydrogen (secondary N) is 1. The molecule has 1 heterocycles. The molecule has 0 saturated carbocycles. The van der Waals surface area contributed by atoms with Gasteiger partial charge in [0.05, 0.1) is 13.2 Å². The van der Waals surface area contributed by atoms with E-state index in [2.05, 4.69) is 29.3 Å². The Morgan fingerprint density at radius 3 is 2.53 bits per heavy atom. The highest BCUT2D eigenvalue weighted by molar-refractivity contribution is 5.94. The number of hydrogen-bond acceptors (Lipinski definition) is 4. The summed E-state index contributed by atoms with van der Waals surface area (Å²) >= 11 is 0. The largest absolute Gasteiger partial charge is 0.493 e. The zero-order chi connectivity index (χ0) is 21.5. The van der Waals surface area contributed by atoms with E-state index in [1.807, 2.05) is 44.2 Å². The lowest BCUT2D eigenvalue weighted by Gasteiger charge is -2.30. The fraction of sp³-hybridized carbons (Fsp3) is 0.480. The minimum absolute atomic E-state index is 0.0744. The van der Waals surface area contributed by atoms with Crippen molar-refractivity contribution in [2.24, 2.45) is 5.92 Å².